The number of anilines is 2. The number of fused-ring (bicyclic) bond motifs is 1. The number of carbonyl (C=O) groups excluding carboxylic acids is 2. The van der Waals surface area contributed by atoms with E-state index in [9.17, 15) is 14.0 Å². The highest BCUT2D eigenvalue weighted by Crippen LogP contribution is 2.26. The fourth-order valence-corrected chi connectivity index (χ4v) is 4.23. The smallest absolute Gasteiger partial charge is 0.272 e. The lowest BCUT2D eigenvalue weighted by molar-refractivity contribution is -0.121. The average Bonchev–Trinajstić information content (AvgIpc) is 3.28. The molecule has 0 saturated heterocycles. The van der Waals surface area contributed by atoms with Gasteiger partial charge in [0.15, 0.2) is 0 Å². The van der Waals surface area contributed by atoms with Gasteiger partial charge in [0.2, 0.25) is 5.91 Å². The van der Waals surface area contributed by atoms with Crippen LogP contribution in [0.5, 0.6) is 0 Å². The van der Waals surface area contributed by atoms with Crippen molar-refractivity contribution in [3.05, 3.63) is 132 Å². The topological polar surface area (TPSA) is 72.4 Å². The molecule has 4 aromatic carbocycles. The van der Waals surface area contributed by atoms with Crippen molar-refractivity contribution in [1.82, 2.24) is 4.57 Å². The van der Waals surface area contributed by atoms with Crippen LogP contribution >= 0.6 is 0 Å². The minimum Gasteiger partial charge on any atom is -0.367 e. The third kappa shape index (κ3) is 6.14. The lowest BCUT2D eigenvalue weighted by Gasteiger charge is -2.12. The summed E-state index contributed by atoms with van der Waals surface area (Å²) in [5.74, 6) is -0.858. The maximum absolute atomic E-state index is 13.5. The number of rotatable bonds is 9. The lowest BCUT2D eigenvalue weighted by Crippen LogP contribution is -2.18. The van der Waals surface area contributed by atoms with E-state index in [1.165, 1.54) is 12.1 Å². The van der Waals surface area contributed by atoms with Crippen LogP contribution in [0.2, 0.25) is 0 Å². The third-order valence-corrected chi connectivity index (χ3v) is 6.05. The monoisotopic (exact) mass is 507 g/mol. The Hall–Kier alpha value is -4.75. The van der Waals surface area contributed by atoms with Gasteiger partial charge < -0.3 is 19.9 Å². The highest BCUT2D eigenvalue weighted by Gasteiger charge is 2.17. The number of para-hydroxylation sites is 1. The Kier molecular flexibility index (Phi) is 7.57. The van der Waals surface area contributed by atoms with Crippen LogP contribution < -0.4 is 10.6 Å². The second kappa shape index (κ2) is 11.5. The number of nitrogens with one attached hydrogen (secondary N) is 2. The molecule has 5 rings (SSSR count). The standard InChI is InChI=1S/C31H26FN3O3/c32-25-13-11-22(12-14-25)19-35-28-16-15-27(33-30(36)21-38-20-23-7-3-1-4-8-23)17-24(28)18-29(35)31(37)34-26-9-5-2-6-10-26/h1-18H,19-21H2,(H,33,36)(H,34,37). The molecule has 2 amide bonds. The largest absolute Gasteiger partial charge is 0.367 e. The van der Waals surface area contributed by atoms with Crippen LogP contribution in [-0.4, -0.2) is 23.0 Å². The molecule has 5 aromatic rings. The molecule has 0 fully saturated rings. The van der Waals surface area contributed by atoms with Crippen LogP contribution in [0.15, 0.2) is 109 Å². The van der Waals surface area contributed by atoms with Crippen molar-refractivity contribution >= 4 is 34.1 Å². The zero-order valence-electron chi connectivity index (χ0n) is 20.6. The second-order valence-corrected chi connectivity index (χ2v) is 8.86. The molecule has 0 atom stereocenters. The summed E-state index contributed by atoms with van der Waals surface area (Å²) in [4.78, 5) is 25.7. The van der Waals surface area contributed by atoms with Gasteiger partial charge in [0.1, 0.15) is 18.1 Å². The molecule has 1 heterocycles. The van der Waals surface area contributed by atoms with E-state index >= 15 is 0 Å². The van der Waals surface area contributed by atoms with Crippen molar-refractivity contribution in [1.29, 1.82) is 0 Å². The van der Waals surface area contributed by atoms with E-state index in [4.69, 9.17) is 4.74 Å². The first-order valence-corrected chi connectivity index (χ1v) is 12.2. The Labute approximate surface area is 219 Å². The molecule has 190 valence electrons. The number of amides is 2. The minimum atomic E-state index is -0.318. The van der Waals surface area contributed by atoms with Crippen LogP contribution in [0, 0.1) is 5.82 Å². The number of halogens is 1. The number of aromatic nitrogens is 1. The summed E-state index contributed by atoms with van der Waals surface area (Å²) in [6.07, 6.45) is 0. The van der Waals surface area contributed by atoms with Gasteiger partial charge in [-0.25, -0.2) is 4.39 Å². The fourth-order valence-electron chi connectivity index (χ4n) is 4.23. The van der Waals surface area contributed by atoms with Gasteiger partial charge in [-0.15, -0.1) is 0 Å². The molecule has 0 saturated carbocycles. The Morgan fingerprint density at radius 1 is 0.737 bits per heavy atom. The van der Waals surface area contributed by atoms with Gasteiger partial charge in [0, 0.05) is 28.8 Å². The molecule has 0 radical (unpaired) electrons. The molecule has 7 heteroatoms. The highest BCUT2D eigenvalue weighted by atomic mass is 19.1. The van der Waals surface area contributed by atoms with Crippen LogP contribution in [0.1, 0.15) is 21.6 Å². The fraction of sp³-hybridized carbons (Fsp3) is 0.0968. The van der Waals surface area contributed by atoms with Crippen molar-refractivity contribution in [2.45, 2.75) is 13.2 Å². The Balaban J connectivity index is 1.36. The van der Waals surface area contributed by atoms with Crippen molar-refractivity contribution < 1.29 is 18.7 Å². The molecule has 0 spiro atoms. The van der Waals surface area contributed by atoms with Crippen LogP contribution in [0.25, 0.3) is 10.9 Å². The van der Waals surface area contributed by atoms with Gasteiger partial charge in [-0.05, 0) is 59.7 Å². The van der Waals surface area contributed by atoms with Gasteiger partial charge in [0.05, 0.1) is 6.61 Å². The average molecular weight is 508 g/mol. The van der Waals surface area contributed by atoms with Gasteiger partial charge in [0.25, 0.3) is 5.91 Å². The van der Waals surface area contributed by atoms with E-state index in [0.717, 1.165) is 22.0 Å². The van der Waals surface area contributed by atoms with Crippen LogP contribution in [0.3, 0.4) is 0 Å². The van der Waals surface area contributed by atoms with E-state index in [-0.39, 0.29) is 24.2 Å². The van der Waals surface area contributed by atoms with E-state index in [2.05, 4.69) is 10.6 Å². The summed E-state index contributed by atoms with van der Waals surface area (Å²) in [5.41, 5.74) is 4.38. The van der Waals surface area contributed by atoms with Crippen molar-refractivity contribution in [2.75, 3.05) is 17.2 Å². The Bertz CT molecular complexity index is 1550. The summed E-state index contributed by atoms with van der Waals surface area (Å²) < 4.78 is 20.9. The third-order valence-electron chi connectivity index (χ3n) is 6.05. The number of hydrogen-bond acceptors (Lipinski definition) is 3. The first-order chi connectivity index (χ1) is 18.5. The molecule has 0 unspecified atom stereocenters. The Morgan fingerprint density at radius 3 is 2.18 bits per heavy atom. The summed E-state index contributed by atoms with van der Waals surface area (Å²) in [6.45, 7) is 0.642. The first kappa shape index (κ1) is 24.9. The molecule has 0 aliphatic carbocycles. The molecule has 1 aromatic heterocycles. The van der Waals surface area contributed by atoms with Gasteiger partial charge in [-0.1, -0.05) is 60.7 Å². The first-order valence-electron chi connectivity index (χ1n) is 12.2. The maximum atomic E-state index is 13.5. The van der Waals surface area contributed by atoms with Gasteiger partial charge in [-0.3, -0.25) is 9.59 Å². The number of hydrogen-bond donors (Lipinski definition) is 2. The summed E-state index contributed by atoms with van der Waals surface area (Å²) in [6, 6.07) is 32.3. The van der Waals surface area contributed by atoms with Crippen molar-refractivity contribution in [3.63, 3.8) is 0 Å². The van der Waals surface area contributed by atoms with Crippen LogP contribution in [0.4, 0.5) is 15.8 Å². The maximum Gasteiger partial charge on any atom is 0.272 e. The number of ether oxygens (including phenoxy) is 1. The number of benzene rings is 4. The predicted octanol–water partition coefficient (Wildman–Crippen LogP) is 6.24. The SMILES string of the molecule is O=C(COCc1ccccc1)Nc1ccc2c(c1)cc(C(=O)Nc1ccccc1)n2Cc1ccc(F)cc1. The van der Waals surface area contributed by atoms with Crippen LogP contribution in [-0.2, 0) is 22.7 Å². The molecule has 0 bridgehead atoms. The Morgan fingerprint density at radius 2 is 1.45 bits per heavy atom. The van der Waals surface area contributed by atoms with Gasteiger partial charge in [-0.2, -0.15) is 0 Å². The quantitative estimate of drug-likeness (QED) is 0.248. The van der Waals surface area contributed by atoms with E-state index in [1.807, 2.05) is 77.4 Å². The molecule has 2 N–H and O–H groups in total. The van der Waals surface area contributed by atoms with E-state index < -0.39 is 0 Å². The van der Waals surface area contributed by atoms with E-state index in [0.29, 0.717) is 30.2 Å². The number of nitrogens with zero attached hydrogens (tertiary/aromatic N) is 1. The van der Waals surface area contributed by atoms with E-state index in [1.54, 1.807) is 24.3 Å². The predicted molar refractivity (Wildman–Crippen MR) is 147 cm³/mol. The second-order valence-electron chi connectivity index (χ2n) is 8.86. The van der Waals surface area contributed by atoms with Crippen molar-refractivity contribution in [3.8, 4) is 0 Å². The zero-order valence-corrected chi connectivity index (χ0v) is 20.6. The summed E-state index contributed by atoms with van der Waals surface area (Å²) in [5, 5.41) is 6.58. The highest BCUT2D eigenvalue weighted by molar-refractivity contribution is 6.07. The summed E-state index contributed by atoms with van der Waals surface area (Å²) >= 11 is 0. The molecular formula is C31H26FN3O3. The molecular weight excluding hydrogens is 481 g/mol. The van der Waals surface area contributed by atoms with Gasteiger partial charge >= 0.3 is 0 Å². The minimum absolute atomic E-state index is 0.0801. The zero-order chi connectivity index (χ0) is 26.3. The molecule has 0 aliphatic rings. The normalized spacial score (nSPS) is 10.9. The molecule has 6 nitrogen and oxygen atoms in total. The summed E-state index contributed by atoms with van der Waals surface area (Å²) in [7, 11) is 0. The molecule has 0 aliphatic heterocycles. The lowest BCUT2D eigenvalue weighted by atomic mass is 10.2. The number of carbonyl (C=O) groups is 2. The molecule has 38 heavy (non-hydrogen) atoms. The van der Waals surface area contributed by atoms with Crippen molar-refractivity contribution in [2.24, 2.45) is 0 Å².